The van der Waals surface area contributed by atoms with Gasteiger partial charge in [0.25, 0.3) is 0 Å². The van der Waals surface area contributed by atoms with E-state index in [1.54, 1.807) is 0 Å². The number of nitrogens with two attached hydrogens (primary N) is 1. The number of halogens is 1. The van der Waals surface area contributed by atoms with E-state index >= 15 is 0 Å². The highest BCUT2D eigenvalue weighted by Crippen LogP contribution is 2.18. The highest BCUT2D eigenvalue weighted by Gasteiger charge is 2.15. The van der Waals surface area contributed by atoms with Gasteiger partial charge in [-0.25, -0.2) is 4.98 Å². The number of rotatable bonds is 7. The lowest BCUT2D eigenvalue weighted by molar-refractivity contribution is -0.117. The summed E-state index contributed by atoms with van der Waals surface area (Å²) >= 11 is 5.81. The van der Waals surface area contributed by atoms with Gasteiger partial charge in [-0.3, -0.25) is 10.1 Å². The minimum absolute atomic E-state index is 0.139. The molecule has 1 aromatic heterocycles. The van der Waals surface area contributed by atoms with Crippen molar-refractivity contribution in [3.8, 4) is 5.88 Å². The summed E-state index contributed by atoms with van der Waals surface area (Å²) in [7, 11) is 1.47. The SMILES string of the molecule is COc1cc(Cl)nc(NC(=O)CC(CN)CC(C)C)n1. The molecule has 1 aromatic rings. The molecule has 20 heavy (non-hydrogen) atoms. The number of carbonyl (C=O) groups excluding carboxylic acids is 1. The van der Waals surface area contributed by atoms with Crippen molar-refractivity contribution in [2.24, 2.45) is 17.6 Å². The predicted octanol–water partition coefficient (Wildman–Crippen LogP) is 2.09. The minimum atomic E-state index is -0.176. The molecule has 0 saturated heterocycles. The second kappa shape index (κ2) is 8.01. The van der Waals surface area contributed by atoms with E-state index in [1.807, 2.05) is 0 Å². The summed E-state index contributed by atoms with van der Waals surface area (Å²) in [4.78, 5) is 19.9. The average molecular weight is 301 g/mol. The molecule has 0 bridgehead atoms. The van der Waals surface area contributed by atoms with Crippen LogP contribution in [0.25, 0.3) is 0 Å². The van der Waals surface area contributed by atoms with Crippen LogP contribution >= 0.6 is 11.6 Å². The summed E-state index contributed by atoms with van der Waals surface area (Å²) in [6, 6.07) is 1.47. The van der Waals surface area contributed by atoms with E-state index in [-0.39, 0.29) is 22.9 Å². The number of carbonyl (C=O) groups is 1. The van der Waals surface area contributed by atoms with Crippen molar-refractivity contribution >= 4 is 23.5 Å². The van der Waals surface area contributed by atoms with E-state index in [0.717, 1.165) is 6.42 Å². The molecule has 1 atom stereocenters. The van der Waals surface area contributed by atoms with Gasteiger partial charge in [0.15, 0.2) is 0 Å². The molecule has 0 aliphatic heterocycles. The van der Waals surface area contributed by atoms with E-state index in [2.05, 4.69) is 29.1 Å². The summed E-state index contributed by atoms with van der Waals surface area (Å²) in [6.45, 7) is 4.68. The van der Waals surface area contributed by atoms with Crippen LogP contribution in [0.15, 0.2) is 6.07 Å². The summed E-state index contributed by atoms with van der Waals surface area (Å²) in [6.07, 6.45) is 1.25. The zero-order chi connectivity index (χ0) is 15.1. The van der Waals surface area contributed by atoms with Crippen molar-refractivity contribution in [3.05, 3.63) is 11.2 Å². The van der Waals surface area contributed by atoms with Crippen LogP contribution < -0.4 is 15.8 Å². The highest BCUT2D eigenvalue weighted by molar-refractivity contribution is 6.29. The van der Waals surface area contributed by atoms with Crippen LogP contribution in [0, 0.1) is 11.8 Å². The Balaban J connectivity index is 2.63. The second-order valence-corrected chi connectivity index (χ2v) is 5.43. The number of nitrogens with one attached hydrogen (secondary N) is 1. The van der Waals surface area contributed by atoms with Crippen LogP contribution in [0.3, 0.4) is 0 Å². The number of anilines is 1. The maximum atomic E-state index is 11.9. The molecule has 7 heteroatoms. The largest absolute Gasteiger partial charge is 0.481 e. The Labute approximate surface area is 124 Å². The molecular weight excluding hydrogens is 280 g/mol. The molecule has 1 unspecified atom stereocenters. The van der Waals surface area contributed by atoms with Crippen LogP contribution in [0.5, 0.6) is 5.88 Å². The minimum Gasteiger partial charge on any atom is -0.481 e. The van der Waals surface area contributed by atoms with Gasteiger partial charge in [-0.1, -0.05) is 25.4 Å². The third-order valence-corrected chi connectivity index (χ3v) is 2.94. The summed E-state index contributed by atoms with van der Waals surface area (Å²) < 4.78 is 4.97. The van der Waals surface area contributed by atoms with Crippen molar-refractivity contribution in [1.29, 1.82) is 0 Å². The first-order valence-corrected chi connectivity index (χ1v) is 6.90. The van der Waals surface area contributed by atoms with E-state index in [0.29, 0.717) is 24.8 Å². The molecule has 6 nitrogen and oxygen atoms in total. The topological polar surface area (TPSA) is 90.1 Å². The van der Waals surface area contributed by atoms with E-state index in [4.69, 9.17) is 22.1 Å². The zero-order valence-corrected chi connectivity index (χ0v) is 12.8. The fraction of sp³-hybridized carbons (Fsp3) is 0.615. The van der Waals surface area contributed by atoms with Gasteiger partial charge in [-0.2, -0.15) is 4.98 Å². The maximum absolute atomic E-state index is 11.9. The number of hydrogen-bond donors (Lipinski definition) is 2. The number of amides is 1. The van der Waals surface area contributed by atoms with Crippen LogP contribution in [0.1, 0.15) is 26.7 Å². The highest BCUT2D eigenvalue weighted by atomic mass is 35.5. The molecule has 0 aliphatic rings. The second-order valence-electron chi connectivity index (χ2n) is 5.04. The normalized spacial score (nSPS) is 12.3. The molecule has 1 rings (SSSR count). The van der Waals surface area contributed by atoms with Crippen molar-refractivity contribution < 1.29 is 9.53 Å². The van der Waals surface area contributed by atoms with Crippen LogP contribution in [0.4, 0.5) is 5.95 Å². The molecule has 0 saturated carbocycles. The number of aromatic nitrogens is 2. The molecule has 0 spiro atoms. The molecular formula is C13H21ClN4O2. The molecule has 112 valence electrons. The first-order valence-electron chi connectivity index (χ1n) is 6.53. The molecule has 3 N–H and O–H groups in total. The Kier molecular flexibility index (Phi) is 6.67. The first-order chi connectivity index (χ1) is 9.44. The number of hydrogen-bond acceptors (Lipinski definition) is 5. The van der Waals surface area contributed by atoms with E-state index in [1.165, 1.54) is 13.2 Å². The van der Waals surface area contributed by atoms with Crippen molar-refractivity contribution in [2.75, 3.05) is 19.0 Å². The summed E-state index contributed by atoms with van der Waals surface area (Å²) in [5, 5.41) is 2.83. The van der Waals surface area contributed by atoms with Gasteiger partial charge in [-0.05, 0) is 24.8 Å². The lowest BCUT2D eigenvalue weighted by Crippen LogP contribution is -2.24. The first kappa shape index (κ1) is 16.7. The Hall–Kier alpha value is -1.40. The molecule has 0 fully saturated rings. The number of ether oxygens (including phenoxy) is 1. The van der Waals surface area contributed by atoms with Gasteiger partial charge < -0.3 is 10.5 Å². The van der Waals surface area contributed by atoms with Crippen molar-refractivity contribution in [3.63, 3.8) is 0 Å². The monoisotopic (exact) mass is 300 g/mol. The van der Waals surface area contributed by atoms with Crippen LogP contribution in [0.2, 0.25) is 5.15 Å². The van der Waals surface area contributed by atoms with Gasteiger partial charge >= 0.3 is 0 Å². The Morgan fingerprint density at radius 2 is 2.20 bits per heavy atom. The predicted molar refractivity (Wildman–Crippen MR) is 78.8 cm³/mol. The summed E-state index contributed by atoms with van der Waals surface area (Å²) in [5.74, 6) is 0.915. The fourth-order valence-electron chi connectivity index (χ4n) is 1.92. The van der Waals surface area contributed by atoms with Crippen LogP contribution in [-0.2, 0) is 4.79 Å². The molecule has 0 aliphatic carbocycles. The smallest absolute Gasteiger partial charge is 0.234 e. The Bertz CT molecular complexity index is 454. The number of nitrogens with zero attached hydrogens (tertiary/aromatic N) is 2. The van der Waals surface area contributed by atoms with E-state index in [9.17, 15) is 4.79 Å². The number of methoxy groups -OCH3 is 1. The Morgan fingerprint density at radius 3 is 2.75 bits per heavy atom. The van der Waals surface area contributed by atoms with Crippen molar-refractivity contribution in [2.45, 2.75) is 26.7 Å². The fourth-order valence-corrected chi connectivity index (χ4v) is 2.10. The van der Waals surface area contributed by atoms with E-state index < -0.39 is 0 Å². The molecule has 0 aromatic carbocycles. The Morgan fingerprint density at radius 1 is 1.50 bits per heavy atom. The van der Waals surface area contributed by atoms with Gasteiger partial charge in [-0.15, -0.1) is 0 Å². The lowest BCUT2D eigenvalue weighted by atomic mass is 9.94. The molecule has 1 heterocycles. The van der Waals surface area contributed by atoms with Gasteiger partial charge in [0.05, 0.1) is 7.11 Å². The average Bonchev–Trinajstić information content (AvgIpc) is 2.36. The van der Waals surface area contributed by atoms with Gasteiger partial charge in [0, 0.05) is 12.5 Å². The van der Waals surface area contributed by atoms with Gasteiger partial charge in [0.2, 0.25) is 17.7 Å². The third kappa shape index (κ3) is 5.71. The maximum Gasteiger partial charge on any atom is 0.234 e. The lowest BCUT2D eigenvalue weighted by Gasteiger charge is -2.16. The van der Waals surface area contributed by atoms with Gasteiger partial charge in [0.1, 0.15) is 5.15 Å². The molecule has 0 radical (unpaired) electrons. The standard InChI is InChI=1S/C13H21ClN4O2/c1-8(2)4-9(7-15)5-11(19)17-13-16-10(14)6-12(18-13)20-3/h6,8-9H,4-5,7,15H2,1-3H3,(H,16,17,18,19). The summed E-state index contributed by atoms with van der Waals surface area (Å²) in [5.41, 5.74) is 5.68. The quantitative estimate of drug-likeness (QED) is 0.753. The molecule has 1 amide bonds. The zero-order valence-electron chi connectivity index (χ0n) is 12.0. The third-order valence-electron chi connectivity index (χ3n) is 2.74. The van der Waals surface area contributed by atoms with Crippen LogP contribution in [-0.4, -0.2) is 29.5 Å². The van der Waals surface area contributed by atoms with Crippen molar-refractivity contribution in [1.82, 2.24) is 9.97 Å².